The predicted molar refractivity (Wildman–Crippen MR) is 121 cm³/mol. The van der Waals surface area contributed by atoms with E-state index >= 15 is 0 Å². The lowest BCUT2D eigenvalue weighted by Gasteiger charge is -2.18. The molecule has 0 unspecified atom stereocenters. The minimum Gasteiger partial charge on any atom is -0.469 e. The molecule has 8 heteroatoms. The SMILES string of the molecule is COC(=O)CCCc1nnc(NC(=O)NCCC(c2ccccc2)c2ccccc2)s1. The zero-order valence-electron chi connectivity index (χ0n) is 17.4. The topological polar surface area (TPSA) is 93.2 Å². The van der Waals surface area contributed by atoms with Gasteiger partial charge in [-0.1, -0.05) is 72.0 Å². The van der Waals surface area contributed by atoms with Crippen molar-refractivity contribution < 1.29 is 14.3 Å². The van der Waals surface area contributed by atoms with Crippen LogP contribution in [0.5, 0.6) is 0 Å². The normalized spacial score (nSPS) is 10.6. The van der Waals surface area contributed by atoms with Gasteiger partial charge in [0.2, 0.25) is 5.13 Å². The molecule has 0 aliphatic carbocycles. The molecule has 0 atom stereocenters. The highest BCUT2D eigenvalue weighted by Gasteiger charge is 2.15. The van der Waals surface area contributed by atoms with Gasteiger partial charge in [-0.25, -0.2) is 4.79 Å². The number of carbonyl (C=O) groups is 2. The van der Waals surface area contributed by atoms with Crippen molar-refractivity contribution in [3.63, 3.8) is 0 Å². The van der Waals surface area contributed by atoms with Gasteiger partial charge in [-0.2, -0.15) is 0 Å². The third-order valence-corrected chi connectivity index (χ3v) is 5.71. The van der Waals surface area contributed by atoms with Crippen molar-refractivity contribution in [3.05, 3.63) is 76.8 Å². The van der Waals surface area contributed by atoms with Crippen LogP contribution in [0.2, 0.25) is 0 Å². The molecule has 2 amide bonds. The van der Waals surface area contributed by atoms with Crippen molar-refractivity contribution in [1.29, 1.82) is 0 Å². The van der Waals surface area contributed by atoms with Crippen LogP contribution in [0.3, 0.4) is 0 Å². The first-order chi connectivity index (χ1) is 15.2. The molecule has 0 radical (unpaired) electrons. The first-order valence-electron chi connectivity index (χ1n) is 10.2. The highest BCUT2D eigenvalue weighted by Crippen LogP contribution is 2.27. The van der Waals surface area contributed by atoms with E-state index in [1.807, 2.05) is 36.4 Å². The van der Waals surface area contributed by atoms with Crippen LogP contribution < -0.4 is 10.6 Å². The highest BCUT2D eigenvalue weighted by atomic mass is 32.1. The van der Waals surface area contributed by atoms with Gasteiger partial charge >= 0.3 is 12.0 Å². The maximum absolute atomic E-state index is 12.3. The molecule has 1 aromatic heterocycles. The number of nitrogens with one attached hydrogen (secondary N) is 2. The van der Waals surface area contributed by atoms with E-state index in [0.717, 1.165) is 11.4 Å². The Labute approximate surface area is 185 Å². The summed E-state index contributed by atoms with van der Waals surface area (Å²) in [5.41, 5.74) is 2.44. The monoisotopic (exact) mass is 438 g/mol. The van der Waals surface area contributed by atoms with Crippen LogP contribution >= 0.6 is 11.3 Å². The summed E-state index contributed by atoms with van der Waals surface area (Å²) in [6.07, 6.45) is 2.36. The number of esters is 1. The molecule has 3 rings (SSSR count). The summed E-state index contributed by atoms with van der Waals surface area (Å²) < 4.78 is 4.62. The lowest BCUT2D eigenvalue weighted by molar-refractivity contribution is -0.140. The smallest absolute Gasteiger partial charge is 0.321 e. The number of urea groups is 1. The highest BCUT2D eigenvalue weighted by molar-refractivity contribution is 7.15. The van der Waals surface area contributed by atoms with Gasteiger partial charge in [-0.3, -0.25) is 10.1 Å². The molecule has 0 bridgehead atoms. The van der Waals surface area contributed by atoms with E-state index in [0.29, 0.717) is 30.9 Å². The predicted octanol–water partition coefficient (Wildman–Crippen LogP) is 4.38. The van der Waals surface area contributed by atoms with Crippen LogP contribution in [0.4, 0.5) is 9.93 Å². The van der Waals surface area contributed by atoms with Gasteiger partial charge in [0.15, 0.2) is 0 Å². The fourth-order valence-electron chi connectivity index (χ4n) is 3.26. The van der Waals surface area contributed by atoms with Crippen LogP contribution in [-0.2, 0) is 16.0 Å². The summed E-state index contributed by atoms with van der Waals surface area (Å²) in [5, 5.41) is 14.9. The number of benzene rings is 2. The van der Waals surface area contributed by atoms with Crippen molar-refractivity contribution in [2.45, 2.75) is 31.6 Å². The Balaban J connectivity index is 1.48. The first kappa shape index (κ1) is 22.4. The molecule has 0 saturated heterocycles. The van der Waals surface area contributed by atoms with Crippen molar-refractivity contribution in [2.75, 3.05) is 19.0 Å². The Hall–Kier alpha value is -3.26. The van der Waals surface area contributed by atoms with Crippen LogP contribution in [0.25, 0.3) is 0 Å². The van der Waals surface area contributed by atoms with Gasteiger partial charge in [-0.15, -0.1) is 10.2 Å². The van der Waals surface area contributed by atoms with Gasteiger partial charge in [0.05, 0.1) is 7.11 Å². The van der Waals surface area contributed by atoms with Crippen molar-refractivity contribution >= 4 is 28.5 Å². The van der Waals surface area contributed by atoms with E-state index in [1.54, 1.807) is 0 Å². The second kappa shape index (κ2) is 11.8. The molecule has 2 aromatic carbocycles. The van der Waals surface area contributed by atoms with E-state index in [-0.39, 0.29) is 17.9 Å². The van der Waals surface area contributed by atoms with E-state index in [4.69, 9.17) is 0 Å². The molecular formula is C23H26N4O3S. The van der Waals surface area contributed by atoms with Gasteiger partial charge in [0, 0.05) is 25.3 Å². The van der Waals surface area contributed by atoms with Gasteiger partial charge in [-0.05, 0) is 24.0 Å². The molecule has 31 heavy (non-hydrogen) atoms. The average Bonchev–Trinajstić information content (AvgIpc) is 3.24. The van der Waals surface area contributed by atoms with E-state index in [9.17, 15) is 9.59 Å². The number of carbonyl (C=O) groups excluding carboxylic acids is 2. The summed E-state index contributed by atoms with van der Waals surface area (Å²) >= 11 is 1.31. The molecule has 0 aliphatic heterocycles. The zero-order chi connectivity index (χ0) is 21.9. The molecule has 0 aliphatic rings. The van der Waals surface area contributed by atoms with Crippen molar-refractivity contribution in [3.8, 4) is 0 Å². The molecule has 0 saturated carbocycles. The maximum atomic E-state index is 12.3. The molecule has 3 aromatic rings. The summed E-state index contributed by atoms with van der Waals surface area (Å²) in [6, 6.07) is 20.3. The molecule has 0 spiro atoms. The number of methoxy groups -OCH3 is 1. The third kappa shape index (κ3) is 7.18. The van der Waals surface area contributed by atoms with Crippen molar-refractivity contribution in [1.82, 2.24) is 15.5 Å². The third-order valence-electron chi connectivity index (χ3n) is 4.81. The van der Waals surface area contributed by atoms with Crippen LogP contribution in [-0.4, -0.2) is 35.9 Å². The number of aryl methyl sites for hydroxylation is 1. The first-order valence-corrected chi connectivity index (χ1v) is 11.0. The standard InChI is InChI=1S/C23H26N4O3S/c1-30-21(28)14-8-13-20-26-27-23(31-20)25-22(29)24-16-15-19(17-9-4-2-5-10-17)18-11-6-3-7-12-18/h2-7,9-12,19H,8,13-16H2,1H3,(H2,24,25,27,29). The lowest BCUT2D eigenvalue weighted by atomic mass is 9.88. The van der Waals surface area contributed by atoms with Crippen LogP contribution in [0.15, 0.2) is 60.7 Å². The number of aromatic nitrogens is 2. The fraction of sp³-hybridized carbons (Fsp3) is 0.304. The Morgan fingerprint density at radius 1 is 1.00 bits per heavy atom. The van der Waals surface area contributed by atoms with Gasteiger partial charge in [0.25, 0.3) is 0 Å². The zero-order valence-corrected chi connectivity index (χ0v) is 18.2. The lowest BCUT2D eigenvalue weighted by Crippen LogP contribution is -2.30. The second-order valence-corrected chi connectivity index (χ2v) is 8.04. The maximum Gasteiger partial charge on any atom is 0.321 e. The summed E-state index contributed by atoms with van der Waals surface area (Å²) in [5.74, 6) is -0.0443. The average molecular weight is 439 g/mol. The summed E-state index contributed by atoms with van der Waals surface area (Å²) in [4.78, 5) is 23.4. The van der Waals surface area contributed by atoms with E-state index < -0.39 is 0 Å². The number of hydrogen-bond acceptors (Lipinski definition) is 6. The largest absolute Gasteiger partial charge is 0.469 e. The number of amides is 2. The number of rotatable bonds is 10. The minimum absolute atomic E-state index is 0.200. The number of ether oxygens (including phenoxy) is 1. The molecule has 7 nitrogen and oxygen atoms in total. The summed E-state index contributed by atoms with van der Waals surface area (Å²) in [6.45, 7) is 0.519. The summed E-state index contributed by atoms with van der Waals surface area (Å²) in [7, 11) is 1.37. The Bertz CT molecular complexity index is 924. The molecular weight excluding hydrogens is 412 g/mol. The number of hydrogen-bond donors (Lipinski definition) is 2. The Morgan fingerprint density at radius 3 is 2.26 bits per heavy atom. The number of nitrogens with zero attached hydrogens (tertiary/aromatic N) is 2. The molecule has 0 fully saturated rings. The Kier molecular flexibility index (Phi) is 8.54. The number of anilines is 1. The fourth-order valence-corrected chi connectivity index (χ4v) is 4.04. The van der Waals surface area contributed by atoms with Crippen LogP contribution in [0, 0.1) is 0 Å². The molecule has 1 heterocycles. The quantitative estimate of drug-likeness (QED) is 0.458. The van der Waals surface area contributed by atoms with Gasteiger partial charge < -0.3 is 10.1 Å². The molecule has 162 valence electrons. The van der Waals surface area contributed by atoms with Crippen molar-refractivity contribution in [2.24, 2.45) is 0 Å². The van der Waals surface area contributed by atoms with E-state index in [2.05, 4.69) is 49.8 Å². The minimum atomic E-state index is -0.308. The second-order valence-electron chi connectivity index (χ2n) is 6.97. The Morgan fingerprint density at radius 2 is 1.65 bits per heavy atom. The molecule has 2 N–H and O–H groups in total. The van der Waals surface area contributed by atoms with Crippen LogP contribution in [0.1, 0.15) is 41.3 Å². The van der Waals surface area contributed by atoms with Gasteiger partial charge in [0.1, 0.15) is 5.01 Å². The van der Waals surface area contributed by atoms with E-state index in [1.165, 1.54) is 29.6 Å².